The van der Waals surface area contributed by atoms with Crippen LogP contribution in [-0.4, -0.2) is 39.8 Å². The van der Waals surface area contributed by atoms with Gasteiger partial charge in [0.1, 0.15) is 6.54 Å². The minimum Gasteiger partial charge on any atom is -0.328 e. The van der Waals surface area contributed by atoms with E-state index in [-0.39, 0.29) is 30.5 Å². The quantitative estimate of drug-likeness (QED) is 0.875. The van der Waals surface area contributed by atoms with Gasteiger partial charge in [-0.05, 0) is 42.2 Å². The number of alkyl halides is 3. The molecule has 0 radical (unpaired) electrons. The van der Waals surface area contributed by atoms with Crippen molar-refractivity contribution in [2.24, 2.45) is 5.92 Å². The number of nitrogens with one attached hydrogen (secondary N) is 1. The molecule has 6 nitrogen and oxygen atoms in total. The maximum absolute atomic E-state index is 13.1. The third kappa shape index (κ3) is 3.10. The maximum Gasteiger partial charge on any atom is 0.416 e. The number of nitrogens with zero attached hydrogens (tertiary/aromatic N) is 3. The van der Waals surface area contributed by atoms with Crippen molar-refractivity contribution in [3.05, 3.63) is 53.3 Å². The molecule has 1 saturated carbocycles. The number of benzene rings is 1. The van der Waals surface area contributed by atoms with Gasteiger partial charge in [0.05, 0.1) is 5.56 Å². The number of halogens is 3. The minimum absolute atomic E-state index is 0.127. The van der Waals surface area contributed by atoms with Crippen LogP contribution in [-0.2, 0) is 16.4 Å². The van der Waals surface area contributed by atoms with E-state index in [1.54, 1.807) is 6.07 Å². The number of rotatable bonds is 3. The Kier molecular flexibility index (Phi) is 4.13. The standard InChI is InChI=1S/C19H17F3N4O2/c1-11-8-18(11)10-26(9-15(27)25-17-23-5-2-6-24-17)16(28)13-4-3-12(7-14(13)18)19(20,21)22/h2-7,11H,8-10H2,1H3,(H,23,24,25,27)/t11-,18+/m0/s1. The highest BCUT2D eigenvalue weighted by molar-refractivity contribution is 6.01. The average molecular weight is 390 g/mol. The summed E-state index contributed by atoms with van der Waals surface area (Å²) in [7, 11) is 0. The van der Waals surface area contributed by atoms with Crippen LogP contribution in [0.25, 0.3) is 0 Å². The molecule has 2 heterocycles. The van der Waals surface area contributed by atoms with Gasteiger partial charge in [-0.1, -0.05) is 6.92 Å². The van der Waals surface area contributed by atoms with Gasteiger partial charge in [-0.25, -0.2) is 9.97 Å². The van der Waals surface area contributed by atoms with Gasteiger partial charge in [0.25, 0.3) is 5.91 Å². The second-order valence-electron chi connectivity index (χ2n) is 7.30. The van der Waals surface area contributed by atoms with Crippen LogP contribution in [0.3, 0.4) is 0 Å². The summed E-state index contributed by atoms with van der Waals surface area (Å²) in [5.41, 5.74) is -0.631. The number of aromatic nitrogens is 2. The molecular formula is C19H17F3N4O2. The third-order valence-electron chi connectivity index (χ3n) is 5.48. The van der Waals surface area contributed by atoms with E-state index >= 15 is 0 Å². The first-order valence-electron chi connectivity index (χ1n) is 8.78. The smallest absolute Gasteiger partial charge is 0.328 e. The van der Waals surface area contributed by atoms with Gasteiger partial charge in [0.2, 0.25) is 11.9 Å². The summed E-state index contributed by atoms with van der Waals surface area (Å²) < 4.78 is 39.4. The molecule has 1 aliphatic heterocycles. The molecule has 1 fully saturated rings. The molecule has 2 amide bonds. The topological polar surface area (TPSA) is 75.2 Å². The van der Waals surface area contributed by atoms with Crippen LogP contribution in [0, 0.1) is 5.92 Å². The third-order valence-corrected chi connectivity index (χ3v) is 5.48. The number of amides is 2. The lowest BCUT2D eigenvalue weighted by Gasteiger charge is -2.35. The number of carbonyl (C=O) groups is 2. The summed E-state index contributed by atoms with van der Waals surface area (Å²) in [4.78, 5) is 34.3. The Morgan fingerprint density at radius 2 is 2.00 bits per heavy atom. The molecule has 1 aliphatic carbocycles. The lowest BCUT2D eigenvalue weighted by molar-refractivity contribution is -0.137. The van der Waals surface area contributed by atoms with E-state index in [1.165, 1.54) is 23.4 Å². The number of hydrogen-bond donors (Lipinski definition) is 1. The zero-order chi connectivity index (χ0) is 20.1. The molecule has 0 unspecified atom stereocenters. The van der Waals surface area contributed by atoms with Gasteiger partial charge in [0.15, 0.2) is 0 Å². The van der Waals surface area contributed by atoms with Gasteiger partial charge < -0.3 is 4.90 Å². The Bertz CT molecular complexity index is 948. The summed E-state index contributed by atoms with van der Waals surface area (Å²) >= 11 is 0. The predicted molar refractivity (Wildman–Crippen MR) is 93.5 cm³/mol. The molecule has 0 bridgehead atoms. The second-order valence-corrected chi connectivity index (χ2v) is 7.30. The summed E-state index contributed by atoms with van der Waals surface area (Å²) in [5, 5.41) is 2.52. The number of anilines is 1. The molecule has 4 rings (SSSR count). The molecule has 28 heavy (non-hydrogen) atoms. The first-order valence-corrected chi connectivity index (χ1v) is 8.78. The van der Waals surface area contributed by atoms with Crippen molar-refractivity contribution in [3.8, 4) is 0 Å². The molecule has 1 aromatic heterocycles. The second kappa shape index (κ2) is 6.29. The van der Waals surface area contributed by atoms with Crippen molar-refractivity contribution >= 4 is 17.8 Å². The highest BCUT2D eigenvalue weighted by Gasteiger charge is 2.58. The fraction of sp³-hybridized carbons (Fsp3) is 0.368. The van der Waals surface area contributed by atoms with E-state index in [0.29, 0.717) is 12.0 Å². The molecule has 2 aliphatic rings. The highest BCUT2D eigenvalue weighted by Crippen LogP contribution is 2.57. The van der Waals surface area contributed by atoms with Crippen molar-refractivity contribution in [2.45, 2.75) is 24.9 Å². The fourth-order valence-electron chi connectivity index (χ4n) is 3.90. The zero-order valence-corrected chi connectivity index (χ0v) is 15.0. The summed E-state index contributed by atoms with van der Waals surface area (Å²) in [6.07, 6.45) is -0.841. The number of fused-ring (bicyclic) bond motifs is 2. The van der Waals surface area contributed by atoms with Crippen LogP contribution < -0.4 is 5.32 Å². The van der Waals surface area contributed by atoms with E-state index in [9.17, 15) is 22.8 Å². The first-order chi connectivity index (χ1) is 13.2. The van der Waals surface area contributed by atoms with Gasteiger partial charge >= 0.3 is 6.18 Å². The van der Waals surface area contributed by atoms with Crippen molar-refractivity contribution in [2.75, 3.05) is 18.4 Å². The summed E-state index contributed by atoms with van der Waals surface area (Å²) in [6.45, 7) is 1.94. The molecular weight excluding hydrogens is 373 g/mol. The highest BCUT2D eigenvalue weighted by atomic mass is 19.4. The summed E-state index contributed by atoms with van der Waals surface area (Å²) in [5.74, 6) is -0.650. The maximum atomic E-state index is 13.1. The minimum atomic E-state index is -4.47. The molecule has 2 atom stereocenters. The van der Waals surface area contributed by atoms with Crippen molar-refractivity contribution in [3.63, 3.8) is 0 Å². The lowest BCUT2D eigenvalue weighted by Crippen LogP contribution is -2.47. The van der Waals surface area contributed by atoms with Crippen LogP contribution in [0.4, 0.5) is 19.1 Å². The molecule has 9 heteroatoms. The van der Waals surface area contributed by atoms with Crippen LogP contribution in [0.1, 0.15) is 34.8 Å². The Labute approximate surface area is 158 Å². The Morgan fingerprint density at radius 1 is 1.32 bits per heavy atom. The Morgan fingerprint density at radius 3 is 2.61 bits per heavy atom. The van der Waals surface area contributed by atoms with E-state index in [4.69, 9.17) is 0 Å². The zero-order valence-electron chi connectivity index (χ0n) is 15.0. The molecule has 146 valence electrons. The van der Waals surface area contributed by atoms with Gasteiger partial charge in [-0.3, -0.25) is 14.9 Å². The van der Waals surface area contributed by atoms with E-state index in [2.05, 4.69) is 15.3 Å². The molecule has 2 aromatic rings. The van der Waals surface area contributed by atoms with Gasteiger partial charge in [-0.15, -0.1) is 0 Å². The van der Waals surface area contributed by atoms with E-state index < -0.39 is 29.0 Å². The summed E-state index contributed by atoms with van der Waals surface area (Å²) in [6, 6.07) is 4.83. The molecule has 1 spiro atoms. The molecule has 1 N–H and O–H groups in total. The van der Waals surface area contributed by atoms with Crippen LogP contribution in [0.5, 0.6) is 0 Å². The average Bonchev–Trinajstić information content (AvgIpc) is 3.29. The predicted octanol–water partition coefficient (Wildman–Crippen LogP) is 2.87. The first kappa shape index (κ1) is 18.4. The SMILES string of the molecule is C[C@H]1C[C@@]12CN(CC(=O)Nc1ncccn1)C(=O)c1ccc(C(F)(F)F)cc12. The normalized spacial score (nSPS) is 23.5. The number of carbonyl (C=O) groups excluding carboxylic acids is 2. The van der Waals surface area contributed by atoms with Gasteiger partial charge in [-0.2, -0.15) is 13.2 Å². The van der Waals surface area contributed by atoms with Crippen molar-refractivity contribution in [1.82, 2.24) is 14.9 Å². The van der Waals surface area contributed by atoms with Gasteiger partial charge in [0, 0.05) is 29.9 Å². The van der Waals surface area contributed by atoms with Crippen LogP contribution in [0.15, 0.2) is 36.7 Å². The molecule has 0 saturated heterocycles. The Hall–Kier alpha value is -2.97. The van der Waals surface area contributed by atoms with E-state index in [1.807, 2.05) is 6.92 Å². The Balaban J connectivity index is 1.60. The van der Waals surface area contributed by atoms with Crippen LogP contribution >= 0.6 is 0 Å². The number of hydrogen-bond acceptors (Lipinski definition) is 4. The van der Waals surface area contributed by atoms with Crippen molar-refractivity contribution < 1.29 is 22.8 Å². The largest absolute Gasteiger partial charge is 0.416 e. The monoisotopic (exact) mass is 390 g/mol. The van der Waals surface area contributed by atoms with Crippen molar-refractivity contribution in [1.29, 1.82) is 0 Å². The fourth-order valence-corrected chi connectivity index (χ4v) is 3.90. The molecule has 1 aromatic carbocycles. The lowest BCUT2D eigenvalue weighted by atomic mass is 9.83. The van der Waals surface area contributed by atoms with Crippen LogP contribution in [0.2, 0.25) is 0 Å². The van der Waals surface area contributed by atoms with E-state index in [0.717, 1.165) is 12.1 Å².